The lowest BCUT2D eigenvalue weighted by atomic mass is 10.0. The number of ether oxygens (including phenoxy) is 2. The second-order valence-electron chi connectivity index (χ2n) is 12.0. The number of H-pyrrole nitrogens is 1. The summed E-state index contributed by atoms with van der Waals surface area (Å²) >= 11 is 0. The maximum atomic E-state index is 13.0. The number of imidazole rings is 1. The second-order valence-corrected chi connectivity index (χ2v) is 12.0. The van der Waals surface area contributed by atoms with Crippen molar-refractivity contribution in [1.29, 1.82) is 0 Å². The van der Waals surface area contributed by atoms with Crippen LogP contribution in [0.5, 0.6) is 0 Å². The second kappa shape index (κ2) is 15.0. The van der Waals surface area contributed by atoms with E-state index in [1.807, 2.05) is 48.5 Å². The highest BCUT2D eigenvalue weighted by Gasteiger charge is 2.35. The van der Waals surface area contributed by atoms with Crippen molar-refractivity contribution < 1.29 is 33.4 Å². The molecule has 0 unspecified atom stereocenters. The number of carbonyl (C=O) groups excluding carboxylic acids is 5. The number of amides is 5. The summed E-state index contributed by atoms with van der Waals surface area (Å²) in [6, 6.07) is 13.9. The van der Waals surface area contributed by atoms with Crippen molar-refractivity contribution in [3.05, 3.63) is 60.6 Å². The molecule has 2 saturated heterocycles. The van der Waals surface area contributed by atoms with Crippen LogP contribution < -0.4 is 16.0 Å². The zero-order valence-corrected chi connectivity index (χ0v) is 27.4. The number of methoxy groups -OCH3 is 2. The highest BCUT2D eigenvalue weighted by Crippen LogP contribution is 2.33. The van der Waals surface area contributed by atoms with Crippen molar-refractivity contribution in [1.82, 2.24) is 30.4 Å². The summed E-state index contributed by atoms with van der Waals surface area (Å²) in [4.78, 5) is 72.9. The minimum absolute atomic E-state index is 0.160. The molecular formula is C34H41N7O7. The maximum Gasteiger partial charge on any atom is 0.407 e. The van der Waals surface area contributed by atoms with Gasteiger partial charge in [0.15, 0.2) is 0 Å². The Labute approximate surface area is 278 Å². The van der Waals surface area contributed by atoms with Gasteiger partial charge in [0.05, 0.1) is 38.1 Å². The van der Waals surface area contributed by atoms with Crippen LogP contribution >= 0.6 is 0 Å². The number of likely N-dealkylation sites (tertiary alicyclic amines) is 2. The molecule has 0 aliphatic carbocycles. The zero-order chi connectivity index (χ0) is 34.4. The number of aromatic amines is 1. The zero-order valence-electron chi connectivity index (χ0n) is 27.4. The molecule has 48 heavy (non-hydrogen) atoms. The van der Waals surface area contributed by atoms with E-state index < -0.39 is 24.3 Å². The lowest BCUT2D eigenvalue weighted by Crippen LogP contribution is -2.46. The van der Waals surface area contributed by atoms with Crippen LogP contribution in [0.3, 0.4) is 0 Å². The molecule has 14 nitrogen and oxygen atoms in total. The molecular weight excluding hydrogens is 618 g/mol. The van der Waals surface area contributed by atoms with E-state index in [1.165, 1.54) is 14.2 Å². The number of aromatic nitrogens is 2. The van der Waals surface area contributed by atoms with Gasteiger partial charge in [-0.15, -0.1) is 0 Å². The van der Waals surface area contributed by atoms with Crippen LogP contribution in [0.15, 0.2) is 54.7 Å². The van der Waals surface area contributed by atoms with Crippen molar-refractivity contribution >= 4 is 35.6 Å². The molecule has 2 aliphatic rings. The summed E-state index contributed by atoms with van der Waals surface area (Å²) in [5.41, 5.74) is 4.40. The average Bonchev–Trinajstić information content (AvgIpc) is 3.89. The fourth-order valence-electron chi connectivity index (χ4n) is 6.09. The standard InChI is InChI=1S/C34H41N7O7/c1-20(36-33(45)47-3)31(43)40-17-15-25(19-40)30(42)38-26-13-11-23(12-14-26)22-7-9-24(10-8-22)27-18-35-29(39-27)28-6-5-16-41(28)32(44)21(2)37-34(46)48-4/h7-14,18,20-21,25,28H,5-6,15-17,19H2,1-4H3,(H,35,39)(H,36,45)(H,37,46)(H,38,42)/t20-,21+,25+,28+/m1/s1. The first-order valence-corrected chi connectivity index (χ1v) is 15.9. The van der Waals surface area contributed by atoms with E-state index in [-0.39, 0.29) is 36.2 Å². The molecule has 0 bridgehead atoms. The summed E-state index contributed by atoms with van der Waals surface area (Å²) in [6.07, 6.45) is 2.58. The fraction of sp³-hybridized carbons (Fsp3) is 0.412. The number of rotatable bonds is 9. The first-order chi connectivity index (χ1) is 23.1. The van der Waals surface area contributed by atoms with E-state index in [9.17, 15) is 24.0 Å². The largest absolute Gasteiger partial charge is 0.453 e. The van der Waals surface area contributed by atoms with E-state index in [0.717, 1.165) is 35.2 Å². The van der Waals surface area contributed by atoms with Gasteiger partial charge in [-0.2, -0.15) is 0 Å². The third kappa shape index (κ3) is 7.76. The normalized spacial score (nSPS) is 18.5. The van der Waals surface area contributed by atoms with Gasteiger partial charge in [-0.1, -0.05) is 36.4 Å². The van der Waals surface area contributed by atoms with Crippen LogP contribution in [0, 0.1) is 5.92 Å². The van der Waals surface area contributed by atoms with Crippen LogP contribution in [0.4, 0.5) is 15.3 Å². The summed E-state index contributed by atoms with van der Waals surface area (Å²) in [5.74, 6) is -0.252. The van der Waals surface area contributed by atoms with Crippen molar-refractivity contribution in [2.45, 2.75) is 51.2 Å². The third-order valence-corrected chi connectivity index (χ3v) is 8.78. The maximum absolute atomic E-state index is 13.0. The summed E-state index contributed by atoms with van der Waals surface area (Å²) < 4.78 is 9.17. The Morgan fingerprint density at radius 3 is 2.02 bits per heavy atom. The number of nitrogens with zero attached hydrogens (tertiary/aromatic N) is 3. The Balaban J connectivity index is 1.15. The van der Waals surface area contributed by atoms with Crippen LogP contribution in [0.2, 0.25) is 0 Å². The van der Waals surface area contributed by atoms with Gasteiger partial charge in [0.1, 0.15) is 17.9 Å². The molecule has 5 rings (SSSR count). The number of hydrogen-bond acceptors (Lipinski definition) is 8. The Morgan fingerprint density at radius 2 is 1.40 bits per heavy atom. The molecule has 5 amide bonds. The van der Waals surface area contributed by atoms with E-state index in [4.69, 9.17) is 0 Å². The summed E-state index contributed by atoms with van der Waals surface area (Å²) in [5, 5.41) is 7.95. The van der Waals surface area contributed by atoms with E-state index in [1.54, 1.807) is 29.8 Å². The lowest BCUT2D eigenvalue weighted by Gasteiger charge is -2.26. The molecule has 3 aromatic rings. The van der Waals surface area contributed by atoms with E-state index in [2.05, 4.69) is 35.4 Å². The molecule has 2 aliphatic heterocycles. The smallest absolute Gasteiger partial charge is 0.407 e. The Kier molecular flexibility index (Phi) is 10.6. The van der Waals surface area contributed by atoms with Gasteiger partial charge < -0.3 is 40.2 Å². The van der Waals surface area contributed by atoms with Crippen molar-refractivity contribution in [2.24, 2.45) is 5.92 Å². The first-order valence-electron chi connectivity index (χ1n) is 15.9. The molecule has 4 atom stereocenters. The first kappa shape index (κ1) is 33.9. The molecule has 254 valence electrons. The van der Waals surface area contributed by atoms with Crippen LogP contribution in [0.1, 0.15) is 45.0 Å². The topological polar surface area (TPSA) is 175 Å². The Bertz CT molecular complexity index is 1640. The number of alkyl carbamates (subject to hydrolysis) is 2. The van der Waals surface area contributed by atoms with Crippen LogP contribution in [-0.4, -0.2) is 95.6 Å². The molecule has 0 spiro atoms. The monoisotopic (exact) mass is 659 g/mol. The fourth-order valence-corrected chi connectivity index (χ4v) is 6.09. The van der Waals surface area contributed by atoms with Crippen molar-refractivity contribution in [3.63, 3.8) is 0 Å². The van der Waals surface area contributed by atoms with E-state index >= 15 is 0 Å². The predicted octanol–water partition coefficient (Wildman–Crippen LogP) is 3.68. The molecule has 14 heteroatoms. The van der Waals surface area contributed by atoms with Crippen LogP contribution in [0.25, 0.3) is 22.4 Å². The molecule has 2 fully saturated rings. The molecule has 0 saturated carbocycles. The molecule has 3 heterocycles. The minimum atomic E-state index is -0.744. The molecule has 2 aromatic carbocycles. The SMILES string of the molecule is COC(=O)N[C@@H](C)C(=O)N1CCC[C@H]1c1ncc(-c2ccc(-c3ccc(NC(=O)[C@H]4CCN(C(=O)[C@@H](C)NC(=O)OC)C4)cc3)cc2)[nH]1. The minimum Gasteiger partial charge on any atom is -0.453 e. The van der Waals surface area contributed by atoms with Gasteiger partial charge in [-0.25, -0.2) is 14.6 Å². The quantitative estimate of drug-likeness (QED) is 0.269. The predicted molar refractivity (Wildman–Crippen MR) is 176 cm³/mol. The van der Waals surface area contributed by atoms with Crippen molar-refractivity contribution in [2.75, 3.05) is 39.2 Å². The van der Waals surface area contributed by atoms with Gasteiger partial charge in [0.25, 0.3) is 0 Å². The number of benzene rings is 2. The van der Waals surface area contributed by atoms with Gasteiger partial charge in [-0.05, 0) is 61.9 Å². The molecule has 1 aromatic heterocycles. The van der Waals surface area contributed by atoms with E-state index in [0.29, 0.717) is 31.0 Å². The summed E-state index contributed by atoms with van der Waals surface area (Å²) in [6.45, 7) is 4.53. The highest BCUT2D eigenvalue weighted by molar-refractivity contribution is 5.94. The van der Waals surface area contributed by atoms with Crippen LogP contribution in [-0.2, 0) is 23.9 Å². The Hall–Kier alpha value is -5.40. The van der Waals surface area contributed by atoms with Crippen molar-refractivity contribution in [3.8, 4) is 22.4 Å². The summed E-state index contributed by atoms with van der Waals surface area (Å²) in [7, 11) is 2.49. The Morgan fingerprint density at radius 1 is 0.812 bits per heavy atom. The van der Waals surface area contributed by atoms with Gasteiger partial charge >= 0.3 is 12.2 Å². The third-order valence-electron chi connectivity index (χ3n) is 8.78. The molecule has 0 radical (unpaired) electrons. The van der Waals surface area contributed by atoms with Gasteiger partial charge in [0.2, 0.25) is 17.7 Å². The highest BCUT2D eigenvalue weighted by atomic mass is 16.5. The number of carbonyl (C=O) groups is 5. The van der Waals surface area contributed by atoms with Gasteiger partial charge in [-0.3, -0.25) is 14.4 Å². The lowest BCUT2D eigenvalue weighted by molar-refractivity contribution is -0.134. The average molecular weight is 660 g/mol. The number of nitrogens with one attached hydrogen (secondary N) is 4. The number of hydrogen-bond donors (Lipinski definition) is 4. The number of anilines is 1. The van der Waals surface area contributed by atoms with Gasteiger partial charge in [0, 0.05) is 25.3 Å². The molecule has 4 N–H and O–H groups in total.